The molecule has 1 N–H and O–H groups in total. The number of para-hydroxylation sites is 1. The van der Waals surface area contributed by atoms with Crippen molar-refractivity contribution in [3.05, 3.63) is 94.7 Å². The number of imide groups is 1. The molecule has 1 aliphatic rings. The highest BCUT2D eigenvalue weighted by Crippen LogP contribution is 2.38. The highest BCUT2D eigenvalue weighted by Gasteiger charge is 2.41. The molecule has 0 saturated heterocycles. The zero-order valence-corrected chi connectivity index (χ0v) is 20.1. The third-order valence-corrected chi connectivity index (χ3v) is 6.34. The number of aryl methyl sites for hydroxylation is 2. The number of anilines is 2. The van der Waals surface area contributed by atoms with Crippen LogP contribution in [-0.4, -0.2) is 18.9 Å². The van der Waals surface area contributed by atoms with E-state index in [4.69, 9.17) is 4.74 Å². The molecule has 3 aromatic rings. The van der Waals surface area contributed by atoms with Crippen molar-refractivity contribution < 1.29 is 14.3 Å². The molecule has 0 aliphatic carbocycles. The van der Waals surface area contributed by atoms with Gasteiger partial charge in [0, 0.05) is 11.3 Å². The Morgan fingerprint density at radius 2 is 1.62 bits per heavy atom. The first kappa shape index (κ1) is 23.3. The summed E-state index contributed by atoms with van der Waals surface area (Å²) in [5.74, 6) is -0.215. The van der Waals surface area contributed by atoms with Crippen molar-refractivity contribution in [2.24, 2.45) is 0 Å². The lowest BCUT2D eigenvalue weighted by molar-refractivity contribution is -0.120. The molecule has 0 saturated carbocycles. The van der Waals surface area contributed by atoms with E-state index in [1.165, 1.54) is 10.5 Å². The highest BCUT2D eigenvalue weighted by molar-refractivity contribution is 6.46. The number of ether oxygens (including phenoxy) is 1. The van der Waals surface area contributed by atoms with Crippen LogP contribution in [0.5, 0.6) is 5.75 Å². The number of hydrogen-bond donors (Lipinski definition) is 1. The Balaban J connectivity index is 1.79. The van der Waals surface area contributed by atoms with Crippen LogP contribution in [0.25, 0.3) is 5.57 Å². The summed E-state index contributed by atoms with van der Waals surface area (Å²) in [6, 6.07) is 20.8. The van der Waals surface area contributed by atoms with E-state index in [0.717, 1.165) is 36.1 Å². The lowest BCUT2D eigenvalue weighted by Gasteiger charge is -2.16. The summed E-state index contributed by atoms with van der Waals surface area (Å²) in [6.07, 6.45) is 3.19. The molecule has 1 aliphatic heterocycles. The fraction of sp³-hybridized carbons (Fsp3) is 0.241. The van der Waals surface area contributed by atoms with Gasteiger partial charge in [-0.3, -0.25) is 9.59 Å². The molecule has 3 aromatic carbocycles. The van der Waals surface area contributed by atoms with E-state index in [-0.39, 0.29) is 17.5 Å². The van der Waals surface area contributed by atoms with Crippen LogP contribution in [0.3, 0.4) is 0 Å². The van der Waals surface area contributed by atoms with Gasteiger partial charge >= 0.3 is 0 Å². The van der Waals surface area contributed by atoms with Gasteiger partial charge < -0.3 is 10.1 Å². The average Bonchev–Trinajstić information content (AvgIpc) is 3.09. The summed E-state index contributed by atoms with van der Waals surface area (Å²) in [5.41, 5.74) is 5.79. The molecule has 0 bridgehead atoms. The van der Waals surface area contributed by atoms with Crippen molar-refractivity contribution in [1.82, 2.24) is 0 Å². The van der Waals surface area contributed by atoms with Gasteiger partial charge in [0.05, 0.1) is 18.4 Å². The van der Waals surface area contributed by atoms with E-state index >= 15 is 0 Å². The van der Waals surface area contributed by atoms with Gasteiger partial charge in [-0.05, 0) is 67.6 Å². The molecule has 0 fully saturated rings. The maximum absolute atomic E-state index is 13.7. The Hall–Kier alpha value is -3.86. The summed E-state index contributed by atoms with van der Waals surface area (Å²) in [4.78, 5) is 28.7. The summed E-state index contributed by atoms with van der Waals surface area (Å²) in [7, 11) is 1.56. The number of nitrogens with zero attached hydrogens (tertiary/aromatic N) is 1. The zero-order chi connectivity index (χ0) is 24.2. The molecule has 4 rings (SSSR count). The topological polar surface area (TPSA) is 58.6 Å². The van der Waals surface area contributed by atoms with Crippen LogP contribution in [0, 0.1) is 13.8 Å². The van der Waals surface area contributed by atoms with E-state index < -0.39 is 0 Å². The third-order valence-electron chi connectivity index (χ3n) is 6.34. The number of nitrogens with one attached hydrogen (secondary N) is 1. The van der Waals surface area contributed by atoms with Crippen LogP contribution in [0.2, 0.25) is 0 Å². The molecule has 2 amide bonds. The molecule has 0 aromatic heterocycles. The predicted octanol–water partition coefficient (Wildman–Crippen LogP) is 6.05. The lowest BCUT2D eigenvalue weighted by Crippen LogP contribution is -2.32. The fourth-order valence-electron chi connectivity index (χ4n) is 4.19. The largest absolute Gasteiger partial charge is 0.496 e. The summed E-state index contributed by atoms with van der Waals surface area (Å²) in [5, 5.41) is 3.28. The van der Waals surface area contributed by atoms with Crippen LogP contribution in [0.4, 0.5) is 11.4 Å². The SMILES string of the molecule is CCCCc1ccc(N2C(=O)C(Nc3cccc(C)c3C)=C(c3ccccc3OC)C2=O)cc1. The van der Waals surface area contributed by atoms with E-state index in [0.29, 0.717) is 22.6 Å². The van der Waals surface area contributed by atoms with Crippen LogP contribution in [0.1, 0.15) is 42.0 Å². The van der Waals surface area contributed by atoms with Crippen LogP contribution >= 0.6 is 0 Å². The number of amides is 2. The van der Waals surface area contributed by atoms with Gasteiger partial charge in [0.1, 0.15) is 11.4 Å². The maximum Gasteiger partial charge on any atom is 0.282 e. The molecule has 0 atom stereocenters. The summed E-state index contributed by atoms with van der Waals surface area (Å²) in [6.45, 7) is 6.17. The Kier molecular flexibility index (Phi) is 6.82. The lowest BCUT2D eigenvalue weighted by atomic mass is 10.0. The normalized spacial score (nSPS) is 13.6. The minimum absolute atomic E-state index is 0.248. The van der Waals surface area contributed by atoms with Gasteiger partial charge in [-0.15, -0.1) is 0 Å². The third kappa shape index (κ3) is 4.34. The smallest absolute Gasteiger partial charge is 0.282 e. The van der Waals surface area contributed by atoms with Crippen molar-refractivity contribution in [2.45, 2.75) is 40.0 Å². The molecular weight excluding hydrogens is 424 g/mol. The Labute approximate surface area is 201 Å². The molecule has 5 heteroatoms. The molecule has 0 spiro atoms. The zero-order valence-electron chi connectivity index (χ0n) is 20.1. The fourth-order valence-corrected chi connectivity index (χ4v) is 4.19. The number of carbonyl (C=O) groups excluding carboxylic acids is 2. The van der Waals surface area contributed by atoms with E-state index in [2.05, 4.69) is 12.2 Å². The number of hydrogen-bond acceptors (Lipinski definition) is 4. The second-order valence-corrected chi connectivity index (χ2v) is 8.54. The number of methoxy groups -OCH3 is 1. The van der Waals surface area contributed by atoms with Gasteiger partial charge in [-0.2, -0.15) is 0 Å². The average molecular weight is 455 g/mol. The maximum atomic E-state index is 13.7. The minimum Gasteiger partial charge on any atom is -0.496 e. The molecule has 34 heavy (non-hydrogen) atoms. The van der Waals surface area contributed by atoms with E-state index in [1.54, 1.807) is 13.2 Å². The van der Waals surface area contributed by atoms with Crippen molar-refractivity contribution in [2.75, 3.05) is 17.3 Å². The number of rotatable bonds is 8. The van der Waals surface area contributed by atoms with Gasteiger partial charge in [-0.25, -0.2) is 4.90 Å². The summed E-state index contributed by atoms with van der Waals surface area (Å²) >= 11 is 0. The van der Waals surface area contributed by atoms with Crippen LogP contribution in [0.15, 0.2) is 72.4 Å². The van der Waals surface area contributed by atoms with Crippen molar-refractivity contribution in [1.29, 1.82) is 0 Å². The second kappa shape index (κ2) is 9.96. The van der Waals surface area contributed by atoms with E-state index in [1.807, 2.05) is 74.5 Å². The minimum atomic E-state index is -0.381. The predicted molar refractivity (Wildman–Crippen MR) is 137 cm³/mol. The van der Waals surface area contributed by atoms with Gasteiger partial charge in [0.2, 0.25) is 0 Å². The highest BCUT2D eigenvalue weighted by atomic mass is 16.5. The molecule has 0 unspecified atom stereocenters. The second-order valence-electron chi connectivity index (χ2n) is 8.54. The molecule has 174 valence electrons. The first-order valence-corrected chi connectivity index (χ1v) is 11.6. The Bertz CT molecular complexity index is 1260. The molecule has 1 heterocycles. The first-order valence-electron chi connectivity index (χ1n) is 11.6. The number of carbonyl (C=O) groups is 2. The Morgan fingerprint density at radius 3 is 2.32 bits per heavy atom. The summed E-state index contributed by atoms with van der Waals surface area (Å²) < 4.78 is 5.53. The van der Waals surface area contributed by atoms with Gasteiger partial charge in [0.15, 0.2) is 0 Å². The number of unbranched alkanes of at least 4 members (excludes halogenated alkanes) is 1. The van der Waals surface area contributed by atoms with Crippen molar-refractivity contribution >= 4 is 28.8 Å². The van der Waals surface area contributed by atoms with Gasteiger partial charge in [-0.1, -0.05) is 55.8 Å². The standard InChI is InChI=1S/C29H30N2O3/c1-5-6-11-21-15-17-22(18-16-21)31-28(32)26(23-12-7-8-14-25(23)34-4)27(29(31)33)30-24-13-9-10-19(2)20(24)3/h7-10,12-18,30H,5-6,11H2,1-4H3. The Morgan fingerprint density at radius 1 is 0.882 bits per heavy atom. The molecular formula is C29H30N2O3. The monoisotopic (exact) mass is 454 g/mol. The van der Waals surface area contributed by atoms with E-state index in [9.17, 15) is 9.59 Å². The van der Waals surface area contributed by atoms with Crippen LogP contribution in [-0.2, 0) is 16.0 Å². The van der Waals surface area contributed by atoms with Crippen molar-refractivity contribution in [3.8, 4) is 5.75 Å². The molecule has 0 radical (unpaired) electrons. The first-order chi connectivity index (χ1) is 16.5. The van der Waals surface area contributed by atoms with Gasteiger partial charge in [0.25, 0.3) is 11.8 Å². The van der Waals surface area contributed by atoms with Crippen LogP contribution < -0.4 is 15.0 Å². The number of benzene rings is 3. The van der Waals surface area contributed by atoms with Crippen molar-refractivity contribution in [3.63, 3.8) is 0 Å². The quantitative estimate of drug-likeness (QED) is 0.421. The molecule has 5 nitrogen and oxygen atoms in total.